The summed E-state index contributed by atoms with van der Waals surface area (Å²) in [6, 6.07) is 11.7. The van der Waals surface area contributed by atoms with Crippen LogP contribution in [0.25, 0.3) is 22.2 Å². The fourth-order valence-electron chi connectivity index (χ4n) is 3.14. The Morgan fingerprint density at radius 1 is 1.19 bits per heavy atom. The van der Waals surface area contributed by atoms with Gasteiger partial charge in [-0.2, -0.15) is 0 Å². The van der Waals surface area contributed by atoms with E-state index in [-0.39, 0.29) is 0 Å². The highest BCUT2D eigenvalue weighted by Crippen LogP contribution is 2.33. The molecule has 0 radical (unpaired) electrons. The van der Waals surface area contributed by atoms with Crippen molar-refractivity contribution in [2.75, 3.05) is 18.2 Å². The normalized spacial score (nSPS) is 10.9. The van der Waals surface area contributed by atoms with Crippen molar-refractivity contribution in [3.05, 3.63) is 60.2 Å². The van der Waals surface area contributed by atoms with Gasteiger partial charge in [-0.25, -0.2) is 15.0 Å². The summed E-state index contributed by atoms with van der Waals surface area (Å²) in [5.41, 5.74) is 9.61. The molecule has 0 aliphatic carbocycles. The van der Waals surface area contributed by atoms with E-state index in [0.717, 1.165) is 39.3 Å². The lowest BCUT2D eigenvalue weighted by atomic mass is 10.1. The van der Waals surface area contributed by atoms with Crippen LogP contribution < -0.4 is 15.8 Å². The third-order valence-electron chi connectivity index (χ3n) is 4.37. The summed E-state index contributed by atoms with van der Waals surface area (Å²) in [6.45, 7) is 2.46. The number of methoxy groups -OCH3 is 1. The zero-order chi connectivity index (χ0) is 18.8. The van der Waals surface area contributed by atoms with Crippen molar-refractivity contribution in [3.63, 3.8) is 0 Å². The molecule has 0 bridgehead atoms. The topological polar surface area (TPSA) is 102 Å². The van der Waals surface area contributed by atoms with E-state index in [4.69, 9.17) is 10.5 Å². The number of aryl methyl sites for hydroxylation is 1. The summed E-state index contributed by atoms with van der Waals surface area (Å²) in [7, 11) is 1.67. The number of para-hydroxylation sites is 1. The Hall–Kier alpha value is -3.61. The first-order valence-electron chi connectivity index (χ1n) is 8.59. The maximum Gasteiger partial charge on any atom is 0.143 e. The first-order chi connectivity index (χ1) is 13.2. The number of nitrogens with one attached hydrogen (secondary N) is 2. The maximum absolute atomic E-state index is 5.86. The monoisotopic (exact) mass is 360 g/mol. The summed E-state index contributed by atoms with van der Waals surface area (Å²) in [5, 5.41) is 4.35. The number of rotatable bonds is 5. The molecule has 0 saturated heterocycles. The largest absolute Gasteiger partial charge is 0.496 e. The van der Waals surface area contributed by atoms with Gasteiger partial charge in [-0.05, 0) is 30.7 Å². The van der Waals surface area contributed by atoms with Gasteiger partial charge in [-0.3, -0.25) is 0 Å². The van der Waals surface area contributed by atoms with Crippen LogP contribution in [0.2, 0.25) is 0 Å². The number of H-pyrrole nitrogens is 1. The first-order valence-corrected chi connectivity index (χ1v) is 8.59. The van der Waals surface area contributed by atoms with E-state index in [2.05, 4.69) is 25.3 Å². The SMILES string of the molecule is COc1ccccc1CNc1nc(C)nc2[nH]cc(-c3ccnc(N)c3)c12. The van der Waals surface area contributed by atoms with Crippen molar-refractivity contribution in [2.24, 2.45) is 0 Å². The molecule has 0 atom stereocenters. The van der Waals surface area contributed by atoms with E-state index < -0.39 is 0 Å². The number of nitrogen functional groups attached to an aromatic ring is 1. The molecule has 136 valence electrons. The molecule has 27 heavy (non-hydrogen) atoms. The lowest BCUT2D eigenvalue weighted by molar-refractivity contribution is 0.410. The molecule has 0 spiro atoms. The van der Waals surface area contributed by atoms with Gasteiger partial charge in [0.25, 0.3) is 0 Å². The summed E-state index contributed by atoms with van der Waals surface area (Å²) in [5.74, 6) is 2.75. The maximum atomic E-state index is 5.86. The standard InChI is InChI=1S/C20H20N6O/c1-12-25-19(23-10-14-5-3-4-6-16(14)27-2)18-15(11-24-20(18)26-12)13-7-8-22-17(21)9-13/h3-9,11H,10H2,1-2H3,(H2,21,22)(H2,23,24,25,26). The molecule has 4 aromatic rings. The van der Waals surface area contributed by atoms with Crippen LogP contribution in [-0.2, 0) is 6.54 Å². The number of aromatic amines is 1. The van der Waals surface area contributed by atoms with E-state index in [0.29, 0.717) is 18.2 Å². The van der Waals surface area contributed by atoms with Crippen molar-refractivity contribution in [1.82, 2.24) is 19.9 Å². The zero-order valence-corrected chi connectivity index (χ0v) is 15.2. The number of hydrogen-bond donors (Lipinski definition) is 3. The van der Waals surface area contributed by atoms with Crippen molar-refractivity contribution in [1.29, 1.82) is 0 Å². The fraction of sp³-hybridized carbons (Fsp3) is 0.150. The number of fused-ring (bicyclic) bond motifs is 1. The molecule has 4 rings (SSSR count). The number of pyridine rings is 1. The molecule has 4 N–H and O–H groups in total. The van der Waals surface area contributed by atoms with E-state index in [1.165, 1.54) is 0 Å². The van der Waals surface area contributed by atoms with Gasteiger partial charge in [0.2, 0.25) is 0 Å². The summed E-state index contributed by atoms with van der Waals surface area (Å²) in [6.07, 6.45) is 3.61. The highest BCUT2D eigenvalue weighted by atomic mass is 16.5. The summed E-state index contributed by atoms with van der Waals surface area (Å²) < 4.78 is 5.44. The van der Waals surface area contributed by atoms with Crippen LogP contribution in [0.4, 0.5) is 11.6 Å². The number of nitrogens with zero attached hydrogens (tertiary/aromatic N) is 3. The van der Waals surface area contributed by atoms with Gasteiger partial charge in [0.1, 0.15) is 28.9 Å². The molecule has 3 aromatic heterocycles. The molecule has 0 amide bonds. The second-order valence-corrected chi connectivity index (χ2v) is 6.18. The van der Waals surface area contributed by atoms with Crippen molar-refractivity contribution in [3.8, 4) is 16.9 Å². The second kappa shape index (κ2) is 6.95. The van der Waals surface area contributed by atoms with Crippen LogP contribution in [0.15, 0.2) is 48.8 Å². The molecule has 0 aliphatic heterocycles. The zero-order valence-electron chi connectivity index (χ0n) is 15.2. The predicted molar refractivity (Wildman–Crippen MR) is 107 cm³/mol. The lowest BCUT2D eigenvalue weighted by Gasteiger charge is -2.12. The minimum absolute atomic E-state index is 0.471. The molecule has 0 saturated carbocycles. The van der Waals surface area contributed by atoms with Crippen LogP contribution in [0, 0.1) is 6.92 Å². The third kappa shape index (κ3) is 3.27. The summed E-state index contributed by atoms with van der Waals surface area (Å²) >= 11 is 0. The van der Waals surface area contributed by atoms with Crippen LogP contribution in [0.3, 0.4) is 0 Å². The van der Waals surface area contributed by atoms with Gasteiger partial charge in [-0.15, -0.1) is 0 Å². The molecule has 3 heterocycles. The number of aromatic nitrogens is 4. The summed E-state index contributed by atoms with van der Waals surface area (Å²) in [4.78, 5) is 16.4. The molecule has 7 heteroatoms. The minimum atomic E-state index is 0.471. The minimum Gasteiger partial charge on any atom is -0.496 e. The number of ether oxygens (including phenoxy) is 1. The van der Waals surface area contributed by atoms with E-state index in [1.54, 1.807) is 13.3 Å². The first kappa shape index (κ1) is 16.8. The Morgan fingerprint density at radius 2 is 2.04 bits per heavy atom. The smallest absolute Gasteiger partial charge is 0.143 e. The van der Waals surface area contributed by atoms with E-state index in [1.807, 2.05) is 49.5 Å². The predicted octanol–water partition coefficient (Wildman–Crippen LogP) is 3.53. The Balaban J connectivity index is 1.77. The van der Waals surface area contributed by atoms with Crippen LogP contribution in [0.5, 0.6) is 5.75 Å². The Morgan fingerprint density at radius 3 is 2.85 bits per heavy atom. The highest BCUT2D eigenvalue weighted by molar-refractivity contribution is 6.01. The van der Waals surface area contributed by atoms with Gasteiger partial charge >= 0.3 is 0 Å². The second-order valence-electron chi connectivity index (χ2n) is 6.18. The van der Waals surface area contributed by atoms with Crippen LogP contribution in [-0.4, -0.2) is 27.0 Å². The lowest BCUT2D eigenvalue weighted by Crippen LogP contribution is -2.05. The highest BCUT2D eigenvalue weighted by Gasteiger charge is 2.15. The Bertz CT molecular complexity index is 1100. The molecule has 7 nitrogen and oxygen atoms in total. The number of anilines is 2. The molecule has 1 aromatic carbocycles. The number of nitrogens with two attached hydrogens (primary N) is 1. The van der Waals surface area contributed by atoms with Crippen molar-refractivity contribution < 1.29 is 4.74 Å². The van der Waals surface area contributed by atoms with Gasteiger partial charge in [0.05, 0.1) is 12.5 Å². The molecular formula is C20H20N6O. The van der Waals surface area contributed by atoms with Gasteiger partial charge < -0.3 is 20.8 Å². The van der Waals surface area contributed by atoms with Crippen molar-refractivity contribution in [2.45, 2.75) is 13.5 Å². The van der Waals surface area contributed by atoms with E-state index in [9.17, 15) is 0 Å². The van der Waals surface area contributed by atoms with Crippen LogP contribution in [0.1, 0.15) is 11.4 Å². The fourth-order valence-corrected chi connectivity index (χ4v) is 3.14. The molecule has 0 unspecified atom stereocenters. The van der Waals surface area contributed by atoms with Gasteiger partial charge in [-0.1, -0.05) is 18.2 Å². The average molecular weight is 360 g/mol. The third-order valence-corrected chi connectivity index (χ3v) is 4.37. The van der Waals surface area contributed by atoms with Crippen molar-refractivity contribution >= 4 is 22.7 Å². The van der Waals surface area contributed by atoms with Crippen LogP contribution >= 0.6 is 0 Å². The van der Waals surface area contributed by atoms with Gasteiger partial charge in [0, 0.05) is 30.1 Å². The number of hydrogen-bond acceptors (Lipinski definition) is 6. The molecule has 0 aliphatic rings. The number of benzene rings is 1. The quantitative estimate of drug-likeness (QED) is 0.503. The Labute approximate surface area is 156 Å². The molecule has 0 fully saturated rings. The Kier molecular flexibility index (Phi) is 4.33. The van der Waals surface area contributed by atoms with Gasteiger partial charge in [0.15, 0.2) is 0 Å². The average Bonchev–Trinajstić information content (AvgIpc) is 3.10. The van der Waals surface area contributed by atoms with E-state index >= 15 is 0 Å². The molecular weight excluding hydrogens is 340 g/mol.